The fraction of sp³-hybridized carbons (Fsp3) is 0.409. The predicted molar refractivity (Wildman–Crippen MR) is 123 cm³/mol. The van der Waals surface area contributed by atoms with E-state index in [1.807, 2.05) is 7.05 Å². The molecular formula is C22H29N3O5S2. The summed E-state index contributed by atoms with van der Waals surface area (Å²) < 4.78 is 50.8. The van der Waals surface area contributed by atoms with Crippen LogP contribution in [0.4, 0.5) is 0 Å². The van der Waals surface area contributed by atoms with Gasteiger partial charge in [0.25, 0.3) is 5.91 Å². The van der Waals surface area contributed by atoms with Gasteiger partial charge in [-0.2, -0.15) is 4.31 Å². The Labute approximate surface area is 190 Å². The maximum Gasteiger partial charge on any atom is 0.252 e. The lowest BCUT2D eigenvalue weighted by atomic mass is 10.1. The minimum absolute atomic E-state index is 0.1000. The fourth-order valence-electron chi connectivity index (χ4n) is 3.55. The van der Waals surface area contributed by atoms with Crippen LogP contribution in [0.1, 0.15) is 34.5 Å². The number of carbonyl (C=O) groups excluding carboxylic acids is 1. The first-order valence-electron chi connectivity index (χ1n) is 10.3. The summed E-state index contributed by atoms with van der Waals surface area (Å²) in [6, 6.07) is 10.5. The number of hydrogen-bond acceptors (Lipinski definition) is 6. The first-order valence-corrected chi connectivity index (χ1v) is 13.6. The number of sulfone groups is 1. The summed E-state index contributed by atoms with van der Waals surface area (Å²) in [6.07, 6.45) is 1.14. The fourth-order valence-corrected chi connectivity index (χ4v) is 5.62. The average molecular weight is 480 g/mol. The Morgan fingerprint density at radius 2 is 1.50 bits per heavy atom. The Hall–Kier alpha value is -2.27. The second kappa shape index (κ2) is 9.30. The van der Waals surface area contributed by atoms with Crippen LogP contribution in [0.2, 0.25) is 0 Å². The highest BCUT2D eigenvalue weighted by Gasteiger charge is 2.28. The molecular weight excluding hydrogens is 450 g/mol. The molecule has 2 aromatic rings. The summed E-state index contributed by atoms with van der Waals surface area (Å²) in [6.45, 7) is 5.69. The molecule has 2 aromatic carbocycles. The molecule has 0 unspecified atom stereocenters. The van der Waals surface area contributed by atoms with Crippen molar-refractivity contribution < 1.29 is 21.6 Å². The third kappa shape index (κ3) is 5.37. The van der Waals surface area contributed by atoms with E-state index < -0.39 is 31.8 Å². The molecule has 1 heterocycles. The van der Waals surface area contributed by atoms with Crippen molar-refractivity contribution >= 4 is 25.8 Å². The lowest BCUT2D eigenvalue weighted by molar-refractivity contribution is 0.0939. The predicted octanol–water partition coefficient (Wildman–Crippen LogP) is 1.83. The zero-order chi connectivity index (χ0) is 23.7. The number of nitrogens with zero attached hydrogens (tertiary/aromatic N) is 2. The molecule has 3 rings (SSSR count). The molecule has 0 spiro atoms. The number of hydrogen-bond donors (Lipinski definition) is 1. The van der Waals surface area contributed by atoms with Gasteiger partial charge in [-0.05, 0) is 56.3 Å². The van der Waals surface area contributed by atoms with Gasteiger partial charge in [-0.1, -0.05) is 18.2 Å². The molecule has 1 amide bonds. The van der Waals surface area contributed by atoms with Crippen LogP contribution in [0, 0.1) is 6.92 Å². The van der Waals surface area contributed by atoms with Crippen LogP contribution in [0.3, 0.4) is 0 Å². The van der Waals surface area contributed by atoms with E-state index in [2.05, 4.69) is 10.2 Å². The molecule has 1 aliphatic rings. The number of aryl methyl sites for hydroxylation is 1. The van der Waals surface area contributed by atoms with Crippen LogP contribution >= 0.6 is 0 Å². The van der Waals surface area contributed by atoms with Gasteiger partial charge in [-0.15, -0.1) is 0 Å². The molecule has 8 nitrogen and oxygen atoms in total. The van der Waals surface area contributed by atoms with Gasteiger partial charge in [0.2, 0.25) is 10.0 Å². The number of benzene rings is 2. The second-order valence-electron chi connectivity index (χ2n) is 8.22. The van der Waals surface area contributed by atoms with Gasteiger partial charge in [0.15, 0.2) is 9.84 Å². The van der Waals surface area contributed by atoms with E-state index in [4.69, 9.17) is 0 Å². The smallest absolute Gasteiger partial charge is 0.252 e. The standard InChI is InChI=1S/C22H29N3O5S2/c1-16-5-8-20(32(29,30)25-13-11-24(3)12-14-25)15-21(16)22(26)23-17(2)18-6-9-19(10-7-18)31(4,27)28/h5-10,15,17H,11-14H2,1-4H3,(H,23,26)/t17-/m0/s1. The summed E-state index contributed by atoms with van der Waals surface area (Å²) in [5.41, 5.74) is 1.70. The van der Waals surface area contributed by atoms with Gasteiger partial charge in [0.1, 0.15) is 0 Å². The molecule has 1 aliphatic heterocycles. The Morgan fingerprint density at radius 3 is 2.06 bits per heavy atom. The molecule has 0 saturated carbocycles. The van der Waals surface area contributed by atoms with Crippen LogP contribution in [-0.4, -0.2) is 71.4 Å². The van der Waals surface area contributed by atoms with Crippen LogP contribution in [0.25, 0.3) is 0 Å². The van der Waals surface area contributed by atoms with Gasteiger partial charge in [0.05, 0.1) is 15.8 Å². The van der Waals surface area contributed by atoms with Crippen molar-refractivity contribution in [2.75, 3.05) is 39.5 Å². The van der Waals surface area contributed by atoms with Gasteiger partial charge in [-0.25, -0.2) is 16.8 Å². The molecule has 1 N–H and O–H groups in total. The highest BCUT2D eigenvalue weighted by Crippen LogP contribution is 2.22. The number of rotatable bonds is 6. The van der Waals surface area contributed by atoms with Crippen molar-refractivity contribution in [2.45, 2.75) is 29.7 Å². The molecule has 0 bridgehead atoms. The highest BCUT2D eigenvalue weighted by atomic mass is 32.2. The maximum absolute atomic E-state index is 13.1. The van der Waals surface area contributed by atoms with Gasteiger partial charge < -0.3 is 10.2 Å². The summed E-state index contributed by atoms with van der Waals surface area (Å²) in [4.78, 5) is 15.3. The van der Waals surface area contributed by atoms with Crippen molar-refractivity contribution in [1.82, 2.24) is 14.5 Å². The molecule has 0 aromatic heterocycles. The largest absolute Gasteiger partial charge is 0.346 e. The molecule has 174 valence electrons. The second-order valence-corrected chi connectivity index (χ2v) is 12.2. The number of carbonyl (C=O) groups is 1. The molecule has 0 aliphatic carbocycles. The third-order valence-electron chi connectivity index (χ3n) is 5.71. The Morgan fingerprint density at radius 1 is 0.938 bits per heavy atom. The average Bonchev–Trinajstić information content (AvgIpc) is 2.73. The maximum atomic E-state index is 13.1. The van der Waals surface area contributed by atoms with E-state index in [1.54, 1.807) is 32.0 Å². The topological polar surface area (TPSA) is 104 Å². The Bertz CT molecular complexity index is 1200. The Balaban J connectivity index is 1.79. The van der Waals surface area contributed by atoms with Crippen LogP contribution in [-0.2, 0) is 19.9 Å². The van der Waals surface area contributed by atoms with Crippen molar-refractivity contribution in [3.8, 4) is 0 Å². The minimum atomic E-state index is -3.69. The third-order valence-corrected chi connectivity index (χ3v) is 8.73. The van der Waals surface area contributed by atoms with Crippen LogP contribution in [0.5, 0.6) is 0 Å². The first kappa shape index (κ1) is 24.4. The molecule has 1 fully saturated rings. The van der Waals surface area contributed by atoms with Crippen molar-refractivity contribution in [2.24, 2.45) is 0 Å². The highest BCUT2D eigenvalue weighted by molar-refractivity contribution is 7.90. The lowest BCUT2D eigenvalue weighted by Crippen LogP contribution is -2.47. The zero-order valence-corrected chi connectivity index (χ0v) is 20.3. The van der Waals surface area contributed by atoms with Gasteiger partial charge in [-0.3, -0.25) is 4.79 Å². The molecule has 0 radical (unpaired) electrons. The van der Waals surface area contributed by atoms with Gasteiger partial charge >= 0.3 is 0 Å². The molecule has 10 heteroatoms. The Kier molecular flexibility index (Phi) is 7.09. The van der Waals surface area contributed by atoms with E-state index >= 15 is 0 Å². The SMILES string of the molecule is Cc1ccc(S(=O)(=O)N2CCN(C)CC2)cc1C(=O)N[C@@H](C)c1ccc(S(C)(=O)=O)cc1. The number of piperazine rings is 1. The molecule has 32 heavy (non-hydrogen) atoms. The van der Waals surface area contributed by atoms with E-state index in [0.717, 1.165) is 11.8 Å². The normalized spacial score (nSPS) is 17.1. The summed E-state index contributed by atoms with van der Waals surface area (Å²) in [5.74, 6) is -0.391. The molecule has 1 atom stereocenters. The number of sulfonamides is 1. The number of amides is 1. The quantitative estimate of drug-likeness (QED) is 0.678. The first-order chi connectivity index (χ1) is 14.9. The van der Waals surface area contributed by atoms with E-state index in [-0.39, 0.29) is 9.79 Å². The van der Waals surface area contributed by atoms with Crippen molar-refractivity contribution in [1.29, 1.82) is 0 Å². The van der Waals surface area contributed by atoms with Crippen LogP contribution < -0.4 is 5.32 Å². The van der Waals surface area contributed by atoms with E-state index in [1.165, 1.54) is 28.6 Å². The number of nitrogens with one attached hydrogen (secondary N) is 1. The zero-order valence-electron chi connectivity index (χ0n) is 18.7. The minimum Gasteiger partial charge on any atom is -0.346 e. The van der Waals surface area contributed by atoms with Gasteiger partial charge in [0, 0.05) is 38.0 Å². The summed E-state index contributed by atoms with van der Waals surface area (Å²) in [7, 11) is -5.03. The van der Waals surface area contributed by atoms with Crippen molar-refractivity contribution in [3.63, 3.8) is 0 Å². The summed E-state index contributed by atoms with van der Waals surface area (Å²) in [5, 5.41) is 2.87. The lowest BCUT2D eigenvalue weighted by Gasteiger charge is -2.31. The monoisotopic (exact) mass is 479 g/mol. The number of likely N-dealkylation sites (N-methyl/N-ethyl adjacent to an activating group) is 1. The summed E-state index contributed by atoms with van der Waals surface area (Å²) >= 11 is 0. The van der Waals surface area contributed by atoms with E-state index in [9.17, 15) is 21.6 Å². The van der Waals surface area contributed by atoms with Crippen molar-refractivity contribution in [3.05, 3.63) is 59.2 Å². The van der Waals surface area contributed by atoms with Crippen LogP contribution in [0.15, 0.2) is 52.3 Å². The molecule has 1 saturated heterocycles. The van der Waals surface area contributed by atoms with E-state index in [0.29, 0.717) is 37.3 Å².